The Morgan fingerprint density at radius 3 is 2.50 bits per heavy atom. The number of fused-ring (bicyclic) bond motifs is 1. The molecule has 0 atom stereocenters. The minimum atomic E-state index is -4.46. The molecular weight excluding hydrogens is 369 g/mol. The van der Waals surface area contributed by atoms with E-state index in [-0.39, 0.29) is 33.7 Å². The van der Waals surface area contributed by atoms with Gasteiger partial charge in [-0.1, -0.05) is 30.9 Å². The molecule has 0 N–H and O–H groups in total. The molecule has 0 unspecified atom stereocenters. The minimum absolute atomic E-state index is 0.0561. The van der Waals surface area contributed by atoms with Crippen LogP contribution in [0.5, 0.6) is 0 Å². The zero-order chi connectivity index (χ0) is 18.3. The van der Waals surface area contributed by atoms with Gasteiger partial charge in [0.25, 0.3) is 5.89 Å². The van der Waals surface area contributed by atoms with E-state index in [1.807, 2.05) is 0 Å². The van der Waals surface area contributed by atoms with Gasteiger partial charge in [-0.15, -0.1) is 10.2 Å². The predicted octanol–water partition coefficient (Wildman–Crippen LogP) is 5.40. The molecule has 0 aliphatic heterocycles. The number of hydrogen-bond donors (Lipinski definition) is 0. The third kappa shape index (κ3) is 3.25. The number of alkyl halides is 3. The van der Waals surface area contributed by atoms with Gasteiger partial charge in [-0.25, -0.2) is 9.97 Å². The summed E-state index contributed by atoms with van der Waals surface area (Å²) < 4.78 is 44.2. The molecule has 136 valence electrons. The second kappa shape index (κ2) is 6.50. The molecule has 0 amide bonds. The molecule has 2 aromatic heterocycles. The SMILES string of the molecule is FC(F)(F)c1ccc2nc(-c3nnc(C4CCCCC4)o3)c(Cl)nc2c1. The summed E-state index contributed by atoms with van der Waals surface area (Å²) in [6.07, 6.45) is 1.00. The fourth-order valence-electron chi connectivity index (χ4n) is 3.19. The van der Waals surface area contributed by atoms with Crippen molar-refractivity contribution in [2.45, 2.75) is 44.2 Å². The first-order valence-corrected chi connectivity index (χ1v) is 8.68. The molecular formula is C17H14ClF3N4O. The van der Waals surface area contributed by atoms with E-state index in [1.54, 1.807) is 0 Å². The lowest BCUT2D eigenvalue weighted by molar-refractivity contribution is -0.137. The van der Waals surface area contributed by atoms with Gasteiger partial charge in [0.15, 0.2) is 10.8 Å². The van der Waals surface area contributed by atoms with Gasteiger partial charge in [0.2, 0.25) is 5.89 Å². The quantitative estimate of drug-likeness (QED) is 0.593. The van der Waals surface area contributed by atoms with Crippen LogP contribution in [-0.4, -0.2) is 20.2 Å². The maximum Gasteiger partial charge on any atom is 0.416 e. The highest BCUT2D eigenvalue weighted by Crippen LogP contribution is 2.35. The highest BCUT2D eigenvalue weighted by molar-refractivity contribution is 6.32. The van der Waals surface area contributed by atoms with Gasteiger partial charge in [-0.3, -0.25) is 0 Å². The van der Waals surface area contributed by atoms with Crippen molar-refractivity contribution in [3.8, 4) is 11.6 Å². The molecule has 3 aromatic rings. The Morgan fingerprint density at radius 1 is 1.00 bits per heavy atom. The minimum Gasteiger partial charge on any atom is -0.419 e. The molecule has 0 bridgehead atoms. The summed E-state index contributed by atoms with van der Waals surface area (Å²) in [5, 5.41) is 8.02. The fourth-order valence-corrected chi connectivity index (χ4v) is 3.40. The van der Waals surface area contributed by atoms with Crippen molar-refractivity contribution in [2.75, 3.05) is 0 Å². The third-order valence-electron chi connectivity index (χ3n) is 4.55. The normalized spacial score (nSPS) is 16.3. The van der Waals surface area contributed by atoms with E-state index in [0.29, 0.717) is 5.89 Å². The van der Waals surface area contributed by atoms with E-state index >= 15 is 0 Å². The average Bonchev–Trinajstić information content (AvgIpc) is 3.10. The van der Waals surface area contributed by atoms with Crippen LogP contribution < -0.4 is 0 Å². The van der Waals surface area contributed by atoms with Gasteiger partial charge in [0.1, 0.15) is 0 Å². The molecule has 4 rings (SSSR count). The van der Waals surface area contributed by atoms with Crippen molar-refractivity contribution in [1.29, 1.82) is 0 Å². The molecule has 1 aliphatic rings. The van der Waals surface area contributed by atoms with Crippen molar-refractivity contribution in [3.63, 3.8) is 0 Å². The Morgan fingerprint density at radius 2 is 1.77 bits per heavy atom. The summed E-state index contributed by atoms with van der Waals surface area (Å²) in [5.41, 5.74) is -0.301. The zero-order valence-corrected chi connectivity index (χ0v) is 14.3. The topological polar surface area (TPSA) is 64.7 Å². The first-order chi connectivity index (χ1) is 12.4. The van der Waals surface area contributed by atoms with E-state index in [4.69, 9.17) is 16.0 Å². The molecule has 1 saturated carbocycles. The summed E-state index contributed by atoms with van der Waals surface area (Å²) in [4.78, 5) is 8.29. The van der Waals surface area contributed by atoms with E-state index < -0.39 is 11.7 Å². The van der Waals surface area contributed by atoms with Crippen LogP contribution in [0, 0.1) is 0 Å². The number of hydrogen-bond acceptors (Lipinski definition) is 5. The summed E-state index contributed by atoms with van der Waals surface area (Å²) in [6.45, 7) is 0. The van der Waals surface area contributed by atoms with Gasteiger partial charge in [0, 0.05) is 5.92 Å². The van der Waals surface area contributed by atoms with Crippen LogP contribution in [-0.2, 0) is 6.18 Å². The number of rotatable bonds is 2. The monoisotopic (exact) mass is 382 g/mol. The lowest BCUT2D eigenvalue weighted by Gasteiger charge is -2.17. The molecule has 1 fully saturated rings. The molecule has 9 heteroatoms. The molecule has 0 saturated heterocycles. The van der Waals surface area contributed by atoms with Crippen molar-refractivity contribution >= 4 is 22.6 Å². The zero-order valence-electron chi connectivity index (χ0n) is 13.6. The first-order valence-electron chi connectivity index (χ1n) is 8.30. The number of halogens is 4. The molecule has 0 spiro atoms. The van der Waals surface area contributed by atoms with E-state index in [0.717, 1.165) is 37.8 Å². The maximum absolute atomic E-state index is 12.8. The second-order valence-corrected chi connectivity index (χ2v) is 6.70. The van der Waals surface area contributed by atoms with Crippen LogP contribution in [0.15, 0.2) is 22.6 Å². The second-order valence-electron chi connectivity index (χ2n) is 6.34. The van der Waals surface area contributed by atoms with Crippen molar-refractivity contribution in [2.24, 2.45) is 0 Å². The van der Waals surface area contributed by atoms with Crippen molar-refractivity contribution in [1.82, 2.24) is 20.2 Å². The van der Waals surface area contributed by atoms with Gasteiger partial charge in [-0.2, -0.15) is 13.2 Å². The molecule has 1 aliphatic carbocycles. The number of nitrogens with zero attached hydrogens (tertiary/aromatic N) is 4. The summed E-state index contributed by atoms with van der Waals surface area (Å²) in [6, 6.07) is 3.12. The molecule has 2 heterocycles. The van der Waals surface area contributed by atoms with Crippen LogP contribution in [0.1, 0.15) is 49.5 Å². The average molecular weight is 383 g/mol. The summed E-state index contributed by atoms with van der Waals surface area (Å²) in [5.74, 6) is 0.904. The Balaban J connectivity index is 1.70. The largest absolute Gasteiger partial charge is 0.419 e. The van der Waals surface area contributed by atoms with Crippen LogP contribution >= 0.6 is 11.6 Å². The van der Waals surface area contributed by atoms with E-state index in [1.165, 1.54) is 12.5 Å². The standard InChI is InChI=1S/C17H14ClF3N4O/c18-14-13(16-25-24-15(26-16)9-4-2-1-3-5-9)22-11-7-6-10(17(19,20)21)8-12(11)23-14/h6-9H,1-5H2. The highest BCUT2D eigenvalue weighted by atomic mass is 35.5. The van der Waals surface area contributed by atoms with Gasteiger partial charge in [0.05, 0.1) is 16.6 Å². The van der Waals surface area contributed by atoms with Crippen LogP contribution in [0.2, 0.25) is 5.15 Å². The van der Waals surface area contributed by atoms with Gasteiger partial charge in [-0.05, 0) is 31.0 Å². The Hall–Kier alpha value is -2.22. The fraction of sp³-hybridized carbons (Fsp3) is 0.412. The predicted molar refractivity (Wildman–Crippen MR) is 88.7 cm³/mol. The lowest BCUT2D eigenvalue weighted by atomic mass is 9.89. The molecule has 1 aromatic carbocycles. The molecule has 5 nitrogen and oxygen atoms in total. The van der Waals surface area contributed by atoms with Crippen LogP contribution in [0.3, 0.4) is 0 Å². The molecule has 26 heavy (non-hydrogen) atoms. The van der Waals surface area contributed by atoms with Gasteiger partial charge < -0.3 is 4.42 Å². The number of aromatic nitrogens is 4. The Labute approximate surface area is 151 Å². The van der Waals surface area contributed by atoms with Crippen molar-refractivity contribution < 1.29 is 17.6 Å². The van der Waals surface area contributed by atoms with E-state index in [2.05, 4.69) is 20.2 Å². The maximum atomic E-state index is 12.8. The van der Waals surface area contributed by atoms with Gasteiger partial charge >= 0.3 is 6.18 Å². The lowest BCUT2D eigenvalue weighted by Crippen LogP contribution is -2.05. The molecule has 0 radical (unpaired) electrons. The Kier molecular flexibility index (Phi) is 4.30. The van der Waals surface area contributed by atoms with Crippen molar-refractivity contribution in [3.05, 3.63) is 34.8 Å². The summed E-state index contributed by atoms with van der Waals surface area (Å²) >= 11 is 6.12. The first kappa shape index (κ1) is 17.2. The number of benzene rings is 1. The third-order valence-corrected chi connectivity index (χ3v) is 4.81. The Bertz CT molecular complexity index is 951. The van der Waals surface area contributed by atoms with E-state index in [9.17, 15) is 13.2 Å². The van der Waals surface area contributed by atoms with Crippen LogP contribution in [0.25, 0.3) is 22.6 Å². The van der Waals surface area contributed by atoms with Crippen LogP contribution in [0.4, 0.5) is 13.2 Å². The smallest absolute Gasteiger partial charge is 0.416 e. The summed E-state index contributed by atoms with van der Waals surface area (Å²) in [7, 11) is 0. The highest BCUT2D eigenvalue weighted by Gasteiger charge is 2.31.